The fourth-order valence-electron chi connectivity index (χ4n) is 4.76. The van der Waals surface area contributed by atoms with E-state index in [1.807, 2.05) is 10.6 Å². The monoisotopic (exact) mass is 582 g/mol. The van der Waals surface area contributed by atoms with Crippen molar-refractivity contribution in [1.82, 2.24) is 24.5 Å². The van der Waals surface area contributed by atoms with Crippen LogP contribution in [0.3, 0.4) is 0 Å². The maximum absolute atomic E-state index is 15.5. The zero-order valence-electron chi connectivity index (χ0n) is 23.0. The van der Waals surface area contributed by atoms with Gasteiger partial charge >= 0.3 is 12.0 Å². The lowest BCUT2D eigenvalue weighted by atomic mass is 10.0. The summed E-state index contributed by atoms with van der Waals surface area (Å²) in [6.45, 7) is 1.19. The Morgan fingerprint density at radius 1 is 1.12 bits per heavy atom. The fourth-order valence-corrected chi connectivity index (χ4v) is 4.76. The third-order valence-electron chi connectivity index (χ3n) is 7.13. The molecule has 10 nitrogen and oxygen atoms in total. The van der Waals surface area contributed by atoms with Crippen LogP contribution in [0.4, 0.5) is 8.78 Å². The van der Waals surface area contributed by atoms with Gasteiger partial charge in [0, 0.05) is 36.5 Å². The first-order chi connectivity index (χ1) is 20.9. The van der Waals surface area contributed by atoms with E-state index in [0.717, 1.165) is 18.6 Å². The van der Waals surface area contributed by atoms with E-state index in [1.54, 1.807) is 30.3 Å². The number of carbonyl (C=O) groups excluding carboxylic acids is 1. The summed E-state index contributed by atoms with van der Waals surface area (Å²) in [4.78, 5) is 29.1. The number of rotatable bonds is 9. The third-order valence-corrected chi connectivity index (χ3v) is 7.13. The number of hydrogen-bond donors (Lipinski definition) is 0. The first kappa shape index (κ1) is 27.9. The zero-order chi connectivity index (χ0) is 29.9. The molecule has 0 N–H and O–H groups in total. The summed E-state index contributed by atoms with van der Waals surface area (Å²) >= 11 is 0. The fraction of sp³-hybridized carbons (Fsp3) is 0.226. The topological polar surface area (TPSA) is 125 Å². The summed E-state index contributed by atoms with van der Waals surface area (Å²) in [5.74, 6) is -1.27. The van der Waals surface area contributed by atoms with Crippen LogP contribution in [0.5, 0.6) is 6.01 Å². The molecule has 0 bridgehead atoms. The van der Waals surface area contributed by atoms with Gasteiger partial charge in [0.05, 0.1) is 42.0 Å². The van der Waals surface area contributed by atoms with Crippen LogP contribution < -0.4 is 4.74 Å². The Labute approximate surface area is 244 Å². The van der Waals surface area contributed by atoms with Crippen molar-refractivity contribution >= 4 is 17.0 Å². The second kappa shape index (κ2) is 11.9. The Morgan fingerprint density at radius 2 is 1.98 bits per heavy atom. The van der Waals surface area contributed by atoms with Crippen molar-refractivity contribution in [1.29, 1.82) is 5.26 Å². The molecule has 4 heterocycles. The summed E-state index contributed by atoms with van der Waals surface area (Å²) in [6, 6.07) is 13.9. The summed E-state index contributed by atoms with van der Waals surface area (Å²) in [5.41, 5.74) is 2.83. The number of esters is 1. The minimum Gasteiger partial charge on any atom is -0.465 e. The van der Waals surface area contributed by atoms with Gasteiger partial charge in [-0.3, -0.25) is 0 Å². The molecule has 0 spiro atoms. The zero-order valence-corrected chi connectivity index (χ0v) is 23.0. The van der Waals surface area contributed by atoms with Gasteiger partial charge in [0.25, 0.3) is 0 Å². The van der Waals surface area contributed by atoms with Gasteiger partial charge in [-0.15, -0.1) is 0 Å². The molecule has 216 valence electrons. The SMILES string of the molecule is COC(=O)c1ccc2nc(Cc3cc(F)c(-c4ccnc(OCc5ccc(C#N)nc5)n4)cc3F)n(CC3CCO3)c2c1. The van der Waals surface area contributed by atoms with Crippen molar-refractivity contribution in [3.63, 3.8) is 0 Å². The highest BCUT2D eigenvalue weighted by Gasteiger charge is 2.24. The van der Waals surface area contributed by atoms with E-state index in [9.17, 15) is 4.79 Å². The molecule has 2 aromatic carbocycles. The van der Waals surface area contributed by atoms with Gasteiger partial charge < -0.3 is 18.8 Å². The number of pyridine rings is 1. The normalized spacial score (nSPS) is 14.2. The molecule has 1 saturated heterocycles. The quantitative estimate of drug-likeness (QED) is 0.226. The van der Waals surface area contributed by atoms with Crippen LogP contribution in [0.2, 0.25) is 0 Å². The number of ether oxygens (including phenoxy) is 3. The van der Waals surface area contributed by atoms with E-state index in [4.69, 9.17) is 19.5 Å². The molecule has 43 heavy (non-hydrogen) atoms. The van der Waals surface area contributed by atoms with E-state index in [-0.39, 0.29) is 47.7 Å². The van der Waals surface area contributed by atoms with E-state index >= 15 is 8.78 Å². The van der Waals surface area contributed by atoms with Crippen LogP contribution in [0.25, 0.3) is 22.3 Å². The largest absolute Gasteiger partial charge is 0.465 e. The summed E-state index contributed by atoms with van der Waals surface area (Å²) in [5, 5.41) is 8.88. The first-order valence-electron chi connectivity index (χ1n) is 13.4. The molecule has 1 unspecified atom stereocenters. The number of fused-ring (bicyclic) bond motifs is 1. The number of carbonyl (C=O) groups is 1. The van der Waals surface area contributed by atoms with Crippen LogP contribution in [0, 0.1) is 23.0 Å². The minimum absolute atomic E-state index is 0.00868. The van der Waals surface area contributed by atoms with Gasteiger partial charge in [-0.25, -0.2) is 28.5 Å². The average Bonchev–Trinajstić information content (AvgIpc) is 3.35. The Hall–Kier alpha value is -5.28. The van der Waals surface area contributed by atoms with Gasteiger partial charge in [0.2, 0.25) is 0 Å². The lowest BCUT2D eigenvalue weighted by Gasteiger charge is -2.27. The Balaban J connectivity index is 1.26. The molecule has 1 aliphatic rings. The highest BCUT2D eigenvalue weighted by atomic mass is 19.1. The lowest BCUT2D eigenvalue weighted by Crippen LogP contribution is -2.31. The predicted molar refractivity (Wildman–Crippen MR) is 149 cm³/mol. The number of nitriles is 1. The molecule has 0 saturated carbocycles. The second-order valence-corrected chi connectivity index (χ2v) is 9.89. The first-order valence-corrected chi connectivity index (χ1v) is 13.4. The number of imidazole rings is 1. The number of hydrogen-bond acceptors (Lipinski definition) is 9. The molecule has 12 heteroatoms. The van der Waals surface area contributed by atoms with Crippen LogP contribution in [0.1, 0.15) is 39.4 Å². The molecular weight excluding hydrogens is 558 g/mol. The van der Waals surface area contributed by atoms with Gasteiger partial charge in [-0.1, -0.05) is 6.07 Å². The number of aromatic nitrogens is 5. The molecule has 6 rings (SSSR count). The number of nitrogens with zero attached hydrogens (tertiary/aromatic N) is 6. The number of halogens is 2. The van der Waals surface area contributed by atoms with Gasteiger partial charge in [-0.2, -0.15) is 10.2 Å². The molecule has 0 radical (unpaired) electrons. The van der Waals surface area contributed by atoms with Crippen molar-refractivity contribution in [3.05, 3.63) is 101 Å². The van der Waals surface area contributed by atoms with Crippen molar-refractivity contribution in [2.75, 3.05) is 13.7 Å². The minimum atomic E-state index is -0.671. The summed E-state index contributed by atoms with van der Waals surface area (Å²) in [7, 11) is 1.31. The summed E-state index contributed by atoms with van der Waals surface area (Å²) in [6.07, 6.45) is 3.73. The van der Waals surface area contributed by atoms with Crippen LogP contribution in [-0.4, -0.2) is 50.3 Å². The van der Waals surface area contributed by atoms with Gasteiger partial charge in [0.1, 0.15) is 35.8 Å². The molecule has 1 aliphatic heterocycles. The number of benzene rings is 2. The highest BCUT2D eigenvalue weighted by Crippen LogP contribution is 2.28. The van der Waals surface area contributed by atoms with Crippen molar-refractivity contribution in [2.24, 2.45) is 0 Å². The maximum Gasteiger partial charge on any atom is 0.337 e. The summed E-state index contributed by atoms with van der Waals surface area (Å²) < 4.78 is 48.9. The van der Waals surface area contributed by atoms with Crippen LogP contribution in [0.15, 0.2) is 60.9 Å². The van der Waals surface area contributed by atoms with E-state index in [2.05, 4.69) is 19.9 Å². The maximum atomic E-state index is 15.5. The second-order valence-electron chi connectivity index (χ2n) is 9.89. The molecule has 0 aliphatic carbocycles. The standard InChI is InChI=1S/C31H24F2N6O4/c1-41-30(40)19-3-5-27-28(11-19)39(16-22-7-9-42-22)29(37-27)12-20-10-25(33)23(13-24(20)32)26-6-8-35-31(38-26)43-17-18-2-4-21(14-34)36-15-18/h2-6,8,10-11,13,15,22H,7,9,12,16-17H2,1H3. The Morgan fingerprint density at radius 3 is 2.70 bits per heavy atom. The van der Waals surface area contributed by atoms with Crippen LogP contribution >= 0.6 is 0 Å². The Bertz CT molecular complexity index is 1870. The molecule has 5 aromatic rings. The van der Waals surface area contributed by atoms with E-state index in [0.29, 0.717) is 41.1 Å². The molecule has 0 amide bonds. The van der Waals surface area contributed by atoms with Crippen molar-refractivity contribution in [2.45, 2.75) is 32.1 Å². The third kappa shape index (κ3) is 5.89. The molecule has 1 atom stereocenters. The van der Waals surface area contributed by atoms with Crippen molar-refractivity contribution in [3.8, 4) is 23.3 Å². The van der Waals surface area contributed by atoms with Gasteiger partial charge in [0.15, 0.2) is 0 Å². The molecule has 3 aromatic heterocycles. The number of methoxy groups -OCH3 is 1. The average molecular weight is 583 g/mol. The lowest BCUT2D eigenvalue weighted by molar-refractivity contribution is -0.0589. The smallest absolute Gasteiger partial charge is 0.337 e. The molecule has 1 fully saturated rings. The van der Waals surface area contributed by atoms with Crippen LogP contribution in [-0.2, 0) is 29.0 Å². The molecular formula is C31H24F2N6O4. The van der Waals surface area contributed by atoms with Gasteiger partial charge in [-0.05, 0) is 54.4 Å². The van der Waals surface area contributed by atoms with E-state index < -0.39 is 17.6 Å². The van der Waals surface area contributed by atoms with E-state index in [1.165, 1.54) is 25.6 Å². The van der Waals surface area contributed by atoms with Crippen molar-refractivity contribution < 1.29 is 27.8 Å². The highest BCUT2D eigenvalue weighted by molar-refractivity contribution is 5.93. The Kier molecular flexibility index (Phi) is 7.72. The predicted octanol–water partition coefficient (Wildman–Crippen LogP) is 4.78.